The van der Waals surface area contributed by atoms with E-state index < -0.39 is 10.7 Å². The Morgan fingerprint density at radius 3 is 2.60 bits per heavy atom. The molecule has 0 radical (unpaired) electrons. The molecule has 0 fully saturated rings. The molecule has 7 nitrogen and oxygen atoms in total. The highest BCUT2D eigenvalue weighted by atomic mass is 35.5. The number of fused-ring (bicyclic) bond motifs is 1. The van der Waals surface area contributed by atoms with Gasteiger partial charge >= 0.3 is 0 Å². The summed E-state index contributed by atoms with van der Waals surface area (Å²) in [5, 5.41) is 7.83. The van der Waals surface area contributed by atoms with E-state index in [0.29, 0.717) is 39.0 Å². The van der Waals surface area contributed by atoms with Crippen molar-refractivity contribution in [3.8, 4) is 5.69 Å². The van der Waals surface area contributed by atoms with Gasteiger partial charge in [-0.2, -0.15) is 5.10 Å². The molecule has 5 rings (SSSR count). The Labute approximate surface area is 241 Å². The fourth-order valence-corrected chi connectivity index (χ4v) is 6.09. The third kappa shape index (κ3) is 5.76. The number of pyridine rings is 1. The molecule has 40 heavy (non-hydrogen) atoms. The van der Waals surface area contributed by atoms with E-state index in [1.54, 1.807) is 53.3 Å². The first-order valence-electron chi connectivity index (χ1n) is 12.9. The van der Waals surface area contributed by atoms with E-state index in [9.17, 15) is 9.59 Å². The number of amides is 2. The highest BCUT2D eigenvalue weighted by Gasteiger charge is 2.40. The molecule has 1 atom stereocenters. The first-order chi connectivity index (χ1) is 19.1. The van der Waals surface area contributed by atoms with E-state index in [2.05, 4.69) is 10.3 Å². The zero-order valence-electron chi connectivity index (χ0n) is 22.4. The van der Waals surface area contributed by atoms with Crippen LogP contribution in [0.15, 0.2) is 72.9 Å². The van der Waals surface area contributed by atoms with Gasteiger partial charge in [-0.25, -0.2) is 9.07 Å². The van der Waals surface area contributed by atoms with Gasteiger partial charge < -0.3 is 5.32 Å². The van der Waals surface area contributed by atoms with Crippen molar-refractivity contribution < 1.29 is 14.0 Å². The Morgan fingerprint density at radius 2 is 1.90 bits per heavy atom. The summed E-state index contributed by atoms with van der Waals surface area (Å²) >= 11 is 7.69. The smallest absolute Gasteiger partial charge is 0.240 e. The third-order valence-electron chi connectivity index (χ3n) is 6.53. The van der Waals surface area contributed by atoms with Gasteiger partial charge in [0.15, 0.2) is 0 Å². The Balaban J connectivity index is 1.67. The van der Waals surface area contributed by atoms with Crippen LogP contribution in [-0.2, 0) is 21.5 Å². The fourth-order valence-electron chi connectivity index (χ4n) is 4.69. The van der Waals surface area contributed by atoms with E-state index in [1.165, 1.54) is 22.7 Å². The molecule has 3 heterocycles. The normalized spacial score (nSPS) is 15.5. The SMILES string of the molecule is CC(C)(C)c1nn(-c2cccc(Cl)c2)c2c1[C@H](c1ccccc1F)SCC(=O)N2CC(=O)NCc1ccccn1. The van der Waals surface area contributed by atoms with Crippen LogP contribution in [0.25, 0.3) is 5.69 Å². The van der Waals surface area contributed by atoms with Crippen LogP contribution in [0, 0.1) is 5.82 Å². The summed E-state index contributed by atoms with van der Waals surface area (Å²) in [7, 11) is 0. The van der Waals surface area contributed by atoms with Crippen molar-refractivity contribution in [3.63, 3.8) is 0 Å². The largest absolute Gasteiger partial charge is 0.349 e. The van der Waals surface area contributed by atoms with Crippen LogP contribution < -0.4 is 10.2 Å². The number of thioether (sulfide) groups is 1. The van der Waals surface area contributed by atoms with Crippen LogP contribution in [0.3, 0.4) is 0 Å². The Hall–Kier alpha value is -3.69. The van der Waals surface area contributed by atoms with E-state index in [4.69, 9.17) is 16.7 Å². The summed E-state index contributed by atoms with van der Waals surface area (Å²) in [5.41, 5.74) is 2.73. The number of rotatable bonds is 6. The predicted molar refractivity (Wildman–Crippen MR) is 156 cm³/mol. The van der Waals surface area contributed by atoms with Gasteiger partial charge in [0.1, 0.15) is 18.2 Å². The van der Waals surface area contributed by atoms with Crippen LogP contribution in [-0.4, -0.2) is 38.9 Å². The monoisotopic (exact) mass is 577 g/mol. The molecule has 10 heteroatoms. The van der Waals surface area contributed by atoms with Gasteiger partial charge in [0.05, 0.1) is 34.6 Å². The van der Waals surface area contributed by atoms with Crippen LogP contribution in [0.4, 0.5) is 10.2 Å². The lowest BCUT2D eigenvalue weighted by Crippen LogP contribution is -2.42. The van der Waals surface area contributed by atoms with Gasteiger partial charge in [-0.15, -0.1) is 11.8 Å². The van der Waals surface area contributed by atoms with Gasteiger partial charge in [0.2, 0.25) is 11.8 Å². The number of aromatic nitrogens is 3. The zero-order chi connectivity index (χ0) is 28.4. The van der Waals surface area contributed by atoms with E-state index >= 15 is 4.39 Å². The lowest BCUT2D eigenvalue weighted by Gasteiger charge is -2.24. The summed E-state index contributed by atoms with van der Waals surface area (Å²) in [6, 6.07) is 19.2. The standard InChI is InChI=1S/C30H29ClFN5O2S/c1-30(2,3)28-26-27(22-12-4-5-13-23(22)32)40-18-25(39)36(17-24(38)34-16-20-10-6-7-14-33-20)29(26)37(35-28)21-11-8-9-19(31)15-21/h4-15,27H,16-18H2,1-3H3,(H,34,38)/t27-/m0/s1. The zero-order valence-corrected chi connectivity index (χ0v) is 24.0. The van der Waals surface area contributed by atoms with Crippen LogP contribution in [0.2, 0.25) is 5.02 Å². The molecule has 0 aliphatic carbocycles. The molecule has 4 aromatic rings. The minimum Gasteiger partial charge on any atom is -0.349 e. The molecule has 0 saturated heterocycles. The lowest BCUT2D eigenvalue weighted by molar-refractivity contribution is -0.123. The second kappa shape index (κ2) is 11.4. The molecule has 0 saturated carbocycles. The summed E-state index contributed by atoms with van der Waals surface area (Å²) in [6.07, 6.45) is 1.66. The lowest BCUT2D eigenvalue weighted by atomic mass is 9.87. The van der Waals surface area contributed by atoms with Crippen molar-refractivity contribution >= 4 is 41.0 Å². The molecule has 1 aliphatic rings. The molecule has 1 N–H and O–H groups in total. The highest BCUT2D eigenvalue weighted by Crippen LogP contribution is 2.48. The van der Waals surface area contributed by atoms with Gasteiger partial charge in [-0.05, 0) is 36.4 Å². The number of nitrogens with one attached hydrogen (secondary N) is 1. The third-order valence-corrected chi connectivity index (χ3v) is 8.01. The second-order valence-corrected chi connectivity index (χ2v) is 12.0. The number of benzene rings is 2. The molecule has 0 bridgehead atoms. The number of carbonyl (C=O) groups excluding carboxylic acids is 2. The number of hydrogen-bond acceptors (Lipinski definition) is 5. The Kier molecular flexibility index (Phi) is 7.96. The molecular weight excluding hydrogens is 549 g/mol. The maximum absolute atomic E-state index is 15.3. The van der Waals surface area contributed by atoms with Crippen molar-refractivity contribution in [1.82, 2.24) is 20.1 Å². The molecular formula is C30H29ClFN5O2S. The van der Waals surface area contributed by atoms with Gasteiger partial charge in [-0.3, -0.25) is 19.5 Å². The molecule has 206 valence electrons. The molecule has 2 aromatic carbocycles. The first kappa shape index (κ1) is 27.9. The van der Waals surface area contributed by atoms with E-state index in [1.807, 2.05) is 39.0 Å². The maximum Gasteiger partial charge on any atom is 0.240 e. The minimum absolute atomic E-state index is 0.0559. The summed E-state index contributed by atoms with van der Waals surface area (Å²) in [6.45, 7) is 6.06. The molecule has 2 aromatic heterocycles. The average Bonchev–Trinajstić information content (AvgIpc) is 3.27. The highest BCUT2D eigenvalue weighted by molar-refractivity contribution is 8.00. The summed E-state index contributed by atoms with van der Waals surface area (Å²) < 4.78 is 16.9. The molecule has 1 aliphatic heterocycles. The Bertz CT molecular complexity index is 1550. The summed E-state index contributed by atoms with van der Waals surface area (Å²) in [4.78, 5) is 32.6. The van der Waals surface area contributed by atoms with Crippen molar-refractivity contribution in [3.05, 3.63) is 106 Å². The van der Waals surface area contributed by atoms with Crippen LogP contribution in [0.5, 0.6) is 0 Å². The quantitative estimate of drug-likeness (QED) is 0.311. The first-order valence-corrected chi connectivity index (χ1v) is 14.3. The number of hydrogen-bond donors (Lipinski definition) is 1. The van der Waals surface area contributed by atoms with Crippen molar-refractivity contribution in [2.75, 3.05) is 17.2 Å². The van der Waals surface area contributed by atoms with Crippen molar-refractivity contribution in [2.45, 2.75) is 38.0 Å². The van der Waals surface area contributed by atoms with Crippen LogP contribution in [0.1, 0.15) is 48.5 Å². The van der Waals surface area contributed by atoms with Gasteiger partial charge in [0.25, 0.3) is 0 Å². The predicted octanol–water partition coefficient (Wildman–Crippen LogP) is 5.84. The minimum atomic E-state index is -0.524. The number of nitrogens with zero attached hydrogens (tertiary/aromatic N) is 4. The number of halogens is 2. The number of carbonyl (C=O) groups is 2. The molecule has 2 amide bonds. The van der Waals surface area contributed by atoms with Crippen molar-refractivity contribution in [1.29, 1.82) is 0 Å². The van der Waals surface area contributed by atoms with Crippen molar-refractivity contribution in [2.24, 2.45) is 0 Å². The van der Waals surface area contributed by atoms with E-state index in [-0.39, 0.29) is 36.5 Å². The van der Waals surface area contributed by atoms with Gasteiger partial charge in [0, 0.05) is 27.8 Å². The molecule has 0 spiro atoms. The van der Waals surface area contributed by atoms with Crippen LogP contribution >= 0.6 is 23.4 Å². The molecule has 0 unspecified atom stereocenters. The Morgan fingerprint density at radius 1 is 1.12 bits per heavy atom. The summed E-state index contributed by atoms with van der Waals surface area (Å²) in [5.74, 6) is -0.503. The average molecular weight is 578 g/mol. The van der Waals surface area contributed by atoms with Gasteiger partial charge in [-0.1, -0.05) is 62.7 Å². The van der Waals surface area contributed by atoms with E-state index in [0.717, 1.165) is 0 Å². The second-order valence-electron chi connectivity index (χ2n) is 10.5. The fraction of sp³-hybridized carbons (Fsp3) is 0.267. The topological polar surface area (TPSA) is 80.1 Å². The maximum atomic E-state index is 15.3. The number of anilines is 1.